The van der Waals surface area contributed by atoms with Crippen LogP contribution in [0.25, 0.3) is 10.9 Å². The molecule has 2 amide bonds. The van der Waals surface area contributed by atoms with Gasteiger partial charge in [0.2, 0.25) is 0 Å². The summed E-state index contributed by atoms with van der Waals surface area (Å²) >= 11 is 9.43. The summed E-state index contributed by atoms with van der Waals surface area (Å²) in [4.78, 5) is 50.9. The molecule has 2 heterocycles. The Bertz CT molecular complexity index is 1410. The number of alkyl carbamates (subject to hydrolysis) is 1. The van der Waals surface area contributed by atoms with Gasteiger partial charge in [0, 0.05) is 13.1 Å². The quantitative estimate of drug-likeness (QED) is 0.298. The van der Waals surface area contributed by atoms with Crippen LogP contribution in [-0.2, 0) is 11.3 Å². The van der Waals surface area contributed by atoms with Gasteiger partial charge in [-0.2, -0.15) is 0 Å². The minimum atomic E-state index is -0.736. The molecule has 0 saturated carbocycles. The third-order valence-corrected chi connectivity index (χ3v) is 5.94. The number of hydrogen-bond donors (Lipinski definition) is 4. The minimum Gasteiger partial charge on any atom is -0.444 e. The van der Waals surface area contributed by atoms with Crippen LogP contribution in [-0.4, -0.2) is 43.7 Å². The van der Waals surface area contributed by atoms with E-state index in [1.54, 1.807) is 45.9 Å². The Morgan fingerprint density at radius 2 is 1.89 bits per heavy atom. The fourth-order valence-corrected chi connectivity index (χ4v) is 3.98. The summed E-state index contributed by atoms with van der Waals surface area (Å²) in [6, 6.07) is 4.21. The van der Waals surface area contributed by atoms with Crippen molar-refractivity contribution in [3.8, 4) is 0 Å². The van der Waals surface area contributed by atoms with E-state index >= 15 is 0 Å². The molecule has 3 rings (SSSR count). The fraction of sp³-hybridized carbons (Fsp3) is 0.391. The van der Waals surface area contributed by atoms with Crippen LogP contribution < -0.4 is 27.7 Å². The molecule has 12 nitrogen and oxygen atoms in total. The van der Waals surface area contributed by atoms with E-state index in [0.717, 1.165) is 0 Å². The van der Waals surface area contributed by atoms with E-state index in [1.807, 2.05) is 0 Å². The van der Waals surface area contributed by atoms with Crippen LogP contribution in [0.1, 0.15) is 56.5 Å². The van der Waals surface area contributed by atoms with E-state index < -0.39 is 23.6 Å². The summed E-state index contributed by atoms with van der Waals surface area (Å²) in [5.41, 5.74) is 10.7. The predicted octanol–water partition coefficient (Wildman–Crippen LogP) is 3.17. The van der Waals surface area contributed by atoms with E-state index in [-0.39, 0.29) is 56.8 Å². The second-order valence-corrected chi connectivity index (χ2v) is 10.3. The first-order valence-electron chi connectivity index (χ1n) is 11.3. The molecule has 0 aliphatic carbocycles. The number of carbonyl (C=O) groups excluding carboxylic acids is 2. The number of carbonyl (C=O) groups is 2. The number of halogens is 2. The molecular weight excluding hydrogens is 568 g/mol. The second kappa shape index (κ2) is 11.3. The average molecular weight is 596 g/mol. The van der Waals surface area contributed by atoms with Crippen LogP contribution in [0.4, 0.5) is 16.4 Å². The molecule has 6 N–H and O–H groups in total. The van der Waals surface area contributed by atoms with E-state index in [0.29, 0.717) is 11.9 Å². The number of fused-ring (bicyclic) bond motifs is 1. The zero-order valence-electron chi connectivity index (χ0n) is 20.8. The molecule has 198 valence electrons. The number of nitrogens with one attached hydrogen (secondary N) is 2. The second-order valence-electron chi connectivity index (χ2n) is 9.17. The Balaban J connectivity index is 1.88. The van der Waals surface area contributed by atoms with Crippen molar-refractivity contribution >= 4 is 62.1 Å². The van der Waals surface area contributed by atoms with Gasteiger partial charge in [-0.05, 0) is 62.2 Å². The highest BCUT2D eigenvalue weighted by atomic mass is 79.9. The Morgan fingerprint density at radius 1 is 1.19 bits per heavy atom. The zero-order chi connectivity index (χ0) is 27.5. The van der Waals surface area contributed by atoms with Crippen LogP contribution in [0.15, 0.2) is 27.6 Å². The number of rotatable bonds is 7. The van der Waals surface area contributed by atoms with Crippen molar-refractivity contribution in [3.63, 3.8) is 0 Å². The van der Waals surface area contributed by atoms with Gasteiger partial charge in [0.15, 0.2) is 17.3 Å². The van der Waals surface area contributed by atoms with Crippen LogP contribution >= 0.6 is 27.5 Å². The van der Waals surface area contributed by atoms with Gasteiger partial charge >= 0.3 is 6.09 Å². The topological polar surface area (TPSA) is 180 Å². The molecule has 0 aliphatic rings. The summed E-state index contributed by atoms with van der Waals surface area (Å²) in [5, 5.41) is 5.92. The van der Waals surface area contributed by atoms with Crippen LogP contribution in [0.2, 0.25) is 5.02 Å². The summed E-state index contributed by atoms with van der Waals surface area (Å²) in [6.45, 7) is 7.39. The summed E-state index contributed by atoms with van der Waals surface area (Å²) in [5.74, 6) is -0.443. The minimum absolute atomic E-state index is 0.0454. The van der Waals surface area contributed by atoms with Crippen molar-refractivity contribution in [2.75, 3.05) is 18.0 Å². The maximum Gasteiger partial charge on any atom is 0.407 e. The first-order chi connectivity index (χ1) is 17.3. The molecule has 0 saturated heterocycles. The summed E-state index contributed by atoms with van der Waals surface area (Å²) in [6.07, 6.45) is -0.179. The lowest BCUT2D eigenvalue weighted by molar-refractivity contribution is 0.0526. The Morgan fingerprint density at radius 3 is 2.57 bits per heavy atom. The molecule has 2 aromatic heterocycles. The summed E-state index contributed by atoms with van der Waals surface area (Å²) < 4.78 is 6.83. The zero-order valence-corrected chi connectivity index (χ0v) is 23.1. The lowest BCUT2D eigenvalue weighted by atomic mass is 10.2. The SMILES string of the molecule is C[C@H](NC(=O)c1nc(Br)c(N)nc1N)c1nc2cccc(Cl)c2c(=O)n1CCCNC(=O)OC(C)(C)C. The van der Waals surface area contributed by atoms with Gasteiger partial charge in [-0.25, -0.2) is 19.7 Å². The molecule has 3 aromatic rings. The highest BCUT2D eigenvalue weighted by Crippen LogP contribution is 2.22. The number of nitrogens with zero attached hydrogens (tertiary/aromatic N) is 4. The first kappa shape index (κ1) is 28.1. The molecule has 0 radical (unpaired) electrons. The van der Waals surface area contributed by atoms with Gasteiger partial charge in [0.05, 0.1) is 22.0 Å². The highest BCUT2D eigenvalue weighted by Gasteiger charge is 2.23. The lowest BCUT2D eigenvalue weighted by Gasteiger charge is -2.21. The van der Waals surface area contributed by atoms with Gasteiger partial charge in [-0.1, -0.05) is 17.7 Å². The van der Waals surface area contributed by atoms with Gasteiger partial charge in [-0.15, -0.1) is 0 Å². The molecule has 0 fully saturated rings. The Labute approximate surface area is 226 Å². The van der Waals surface area contributed by atoms with Crippen LogP contribution in [0.5, 0.6) is 0 Å². The van der Waals surface area contributed by atoms with Crippen molar-refractivity contribution in [1.82, 2.24) is 30.2 Å². The van der Waals surface area contributed by atoms with E-state index in [9.17, 15) is 14.4 Å². The Hall–Kier alpha value is -3.45. The maximum absolute atomic E-state index is 13.4. The largest absolute Gasteiger partial charge is 0.444 e. The number of nitrogens with two attached hydrogens (primary N) is 2. The van der Waals surface area contributed by atoms with Crippen molar-refractivity contribution in [2.24, 2.45) is 0 Å². The van der Waals surface area contributed by atoms with E-state index in [4.69, 9.17) is 27.8 Å². The molecule has 0 bridgehead atoms. The molecule has 0 unspecified atom stereocenters. The average Bonchev–Trinajstić information content (AvgIpc) is 2.78. The lowest BCUT2D eigenvalue weighted by Crippen LogP contribution is -2.36. The van der Waals surface area contributed by atoms with Crippen LogP contribution in [0.3, 0.4) is 0 Å². The van der Waals surface area contributed by atoms with Crippen molar-refractivity contribution in [3.05, 3.63) is 49.7 Å². The number of benzene rings is 1. The van der Waals surface area contributed by atoms with Gasteiger partial charge in [0.25, 0.3) is 11.5 Å². The van der Waals surface area contributed by atoms with Crippen LogP contribution in [0, 0.1) is 0 Å². The number of ether oxygens (including phenoxy) is 1. The van der Waals surface area contributed by atoms with E-state index in [1.165, 1.54) is 4.57 Å². The highest BCUT2D eigenvalue weighted by molar-refractivity contribution is 9.10. The summed E-state index contributed by atoms with van der Waals surface area (Å²) in [7, 11) is 0. The smallest absolute Gasteiger partial charge is 0.407 e. The Kier molecular flexibility index (Phi) is 8.59. The van der Waals surface area contributed by atoms with Gasteiger partial charge < -0.3 is 26.8 Å². The van der Waals surface area contributed by atoms with Gasteiger partial charge in [0.1, 0.15) is 16.0 Å². The monoisotopic (exact) mass is 594 g/mol. The molecule has 1 atom stereocenters. The predicted molar refractivity (Wildman–Crippen MR) is 144 cm³/mol. The molecule has 14 heteroatoms. The van der Waals surface area contributed by atoms with Crippen molar-refractivity contribution < 1.29 is 14.3 Å². The third kappa shape index (κ3) is 6.86. The molecular formula is C23H28BrClN8O4. The van der Waals surface area contributed by atoms with Gasteiger partial charge in [-0.3, -0.25) is 14.2 Å². The molecule has 1 aromatic carbocycles. The number of aromatic nitrogens is 4. The molecule has 0 spiro atoms. The number of amides is 2. The van der Waals surface area contributed by atoms with Crippen molar-refractivity contribution in [2.45, 2.75) is 52.3 Å². The number of nitrogen functional groups attached to an aromatic ring is 2. The third-order valence-electron chi connectivity index (χ3n) is 5.04. The molecule has 0 aliphatic heterocycles. The normalized spacial score (nSPS) is 12.3. The first-order valence-corrected chi connectivity index (χ1v) is 12.5. The number of anilines is 2. The fourth-order valence-electron chi connectivity index (χ4n) is 3.47. The maximum atomic E-state index is 13.4. The van der Waals surface area contributed by atoms with E-state index in [2.05, 4.69) is 41.5 Å². The molecule has 37 heavy (non-hydrogen) atoms. The number of hydrogen-bond acceptors (Lipinski definition) is 9. The van der Waals surface area contributed by atoms with Crippen molar-refractivity contribution in [1.29, 1.82) is 0 Å². The standard InChI is InChI=1S/C23H28BrClN8O4/c1-11(29-20(34)15-17(26)32-18(27)16(24)31-15)19-30-13-8-5-7-12(25)14(13)21(35)33(19)10-6-9-28-22(36)37-23(2,3)4/h5,7-8,11H,6,9-10H2,1-4H3,(H,28,36)(H,29,34)(H4,26,27,32)/t11-/m0/s1.